The highest BCUT2D eigenvalue weighted by Gasteiger charge is 2.19. The van der Waals surface area contributed by atoms with Crippen molar-refractivity contribution in [2.45, 2.75) is 48.0 Å². The molecule has 3 nitrogen and oxygen atoms in total. The highest BCUT2D eigenvalue weighted by molar-refractivity contribution is 7.84. The van der Waals surface area contributed by atoms with Crippen LogP contribution in [0.1, 0.15) is 50.1 Å². The lowest BCUT2D eigenvalue weighted by Gasteiger charge is -2.28. The van der Waals surface area contributed by atoms with Crippen molar-refractivity contribution in [1.82, 2.24) is 4.57 Å². The third-order valence-corrected chi connectivity index (χ3v) is 5.82. The molecule has 2 aromatic carbocycles. The van der Waals surface area contributed by atoms with Crippen LogP contribution >= 0.6 is 12.6 Å². The van der Waals surface area contributed by atoms with Gasteiger partial charge in [0.25, 0.3) is 0 Å². The number of thiol groups is 1. The maximum Gasteiger partial charge on any atom is 0.0694 e. The zero-order valence-corrected chi connectivity index (χ0v) is 20.3. The Morgan fingerprint density at radius 2 is 1.83 bits per heavy atom. The van der Waals surface area contributed by atoms with Crippen LogP contribution in [0.4, 0.5) is 11.4 Å². The molecular weight excluding hydrogens is 386 g/mol. The first-order chi connectivity index (χ1) is 14.3. The fraction of sp³-hybridized carbons (Fsp3) is 0.308. The second-order valence-corrected chi connectivity index (χ2v) is 7.69. The number of rotatable bonds is 5. The molecule has 0 aliphatic heterocycles. The summed E-state index contributed by atoms with van der Waals surface area (Å²) in [6.07, 6.45) is 3.03. The number of aryl methyl sites for hydroxylation is 3. The quantitative estimate of drug-likeness (QED) is 0.336. The zero-order valence-electron chi connectivity index (χ0n) is 19.4. The molecule has 0 atom stereocenters. The smallest absolute Gasteiger partial charge is 0.0694 e. The number of anilines is 2. The van der Waals surface area contributed by atoms with E-state index < -0.39 is 0 Å². The van der Waals surface area contributed by atoms with Gasteiger partial charge in [-0.2, -0.15) is 0 Å². The first-order valence-corrected chi connectivity index (χ1v) is 11.0. The minimum atomic E-state index is 0.652. The van der Waals surface area contributed by atoms with E-state index in [1.165, 1.54) is 27.7 Å². The molecule has 0 fully saturated rings. The summed E-state index contributed by atoms with van der Waals surface area (Å²) < 4.78 is 2.23. The van der Waals surface area contributed by atoms with Crippen molar-refractivity contribution >= 4 is 40.6 Å². The van der Waals surface area contributed by atoms with Gasteiger partial charge in [0.2, 0.25) is 0 Å². The zero-order chi connectivity index (χ0) is 22.6. The molecule has 0 spiro atoms. The predicted molar refractivity (Wildman–Crippen MR) is 138 cm³/mol. The summed E-state index contributed by atoms with van der Waals surface area (Å²) in [7, 11) is 2.11. The highest BCUT2D eigenvalue weighted by Crippen LogP contribution is 2.37. The molecule has 2 N–H and O–H groups in total. The molecule has 3 rings (SSSR count). The Morgan fingerprint density at radius 1 is 1.17 bits per heavy atom. The molecule has 1 heterocycles. The Balaban J connectivity index is 0.00000155. The van der Waals surface area contributed by atoms with Crippen molar-refractivity contribution in [3.63, 3.8) is 0 Å². The van der Waals surface area contributed by atoms with E-state index in [9.17, 15) is 0 Å². The lowest BCUT2D eigenvalue weighted by molar-refractivity contribution is 0.910. The normalized spacial score (nSPS) is 11.3. The lowest BCUT2D eigenvalue weighted by Crippen LogP contribution is -2.18. The van der Waals surface area contributed by atoms with Gasteiger partial charge in [-0.15, -0.1) is 12.6 Å². The van der Waals surface area contributed by atoms with E-state index in [0.717, 1.165) is 29.1 Å². The van der Waals surface area contributed by atoms with Crippen molar-refractivity contribution in [2.24, 2.45) is 7.05 Å². The SMILES string of the molecule is C=C(S)N(/C(=C\C)c1cc(CC)ccc1N)c1ccc2c(c1)c(C)c(C)n2C.CC. The summed E-state index contributed by atoms with van der Waals surface area (Å²) in [5.41, 5.74) is 15.1. The summed E-state index contributed by atoms with van der Waals surface area (Å²) in [4.78, 5) is 2.06. The number of nitrogen functional groups attached to an aromatic ring is 1. The fourth-order valence-electron chi connectivity index (χ4n) is 3.76. The van der Waals surface area contributed by atoms with Crippen molar-refractivity contribution in [1.29, 1.82) is 0 Å². The van der Waals surface area contributed by atoms with Gasteiger partial charge in [0.1, 0.15) is 0 Å². The van der Waals surface area contributed by atoms with Crippen LogP contribution in [-0.2, 0) is 13.5 Å². The third kappa shape index (κ3) is 4.29. The van der Waals surface area contributed by atoms with Crippen LogP contribution in [0.25, 0.3) is 16.6 Å². The van der Waals surface area contributed by atoms with Gasteiger partial charge in [-0.25, -0.2) is 0 Å². The van der Waals surface area contributed by atoms with Gasteiger partial charge in [-0.3, -0.25) is 0 Å². The molecule has 0 saturated heterocycles. The van der Waals surface area contributed by atoms with E-state index in [0.29, 0.717) is 5.03 Å². The van der Waals surface area contributed by atoms with Gasteiger partial charge in [0, 0.05) is 40.6 Å². The topological polar surface area (TPSA) is 34.2 Å². The minimum absolute atomic E-state index is 0.652. The molecule has 4 heteroatoms. The Kier molecular flexibility index (Phi) is 7.85. The van der Waals surface area contributed by atoms with E-state index in [1.807, 2.05) is 26.8 Å². The van der Waals surface area contributed by atoms with Crippen LogP contribution in [0.15, 0.2) is 54.1 Å². The summed E-state index contributed by atoms with van der Waals surface area (Å²) >= 11 is 4.62. The van der Waals surface area contributed by atoms with Crippen LogP contribution in [-0.4, -0.2) is 4.57 Å². The molecule has 0 amide bonds. The van der Waals surface area contributed by atoms with Crippen LogP contribution in [0.3, 0.4) is 0 Å². The van der Waals surface area contributed by atoms with E-state index in [1.54, 1.807) is 0 Å². The Hall–Kier alpha value is -2.59. The Bertz CT molecular complexity index is 1090. The maximum absolute atomic E-state index is 6.35. The average Bonchev–Trinajstić information content (AvgIpc) is 2.97. The fourth-order valence-corrected chi connectivity index (χ4v) is 3.98. The van der Waals surface area contributed by atoms with Crippen molar-refractivity contribution in [3.8, 4) is 0 Å². The van der Waals surface area contributed by atoms with Crippen LogP contribution in [0, 0.1) is 13.8 Å². The summed E-state index contributed by atoms with van der Waals surface area (Å²) in [5.74, 6) is 0. The van der Waals surface area contributed by atoms with Gasteiger partial charge >= 0.3 is 0 Å². The number of hydrogen-bond donors (Lipinski definition) is 2. The van der Waals surface area contributed by atoms with Gasteiger partial charge in [0.15, 0.2) is 0 Å². The summed E-state index contributed by atoms with van der Waals surface area (Å²) in [5, 5.41) is 1.89. The van der Waals surface area contributed by atoms with Crippen molar-refractivity contribution < 1.29 is 0 Å². The van der Waals surface area contributed by atoms with Crippen LogP contribution < -0.4 is 10.6 Å². The number of hydrogen-bond acceptors (Lipinski definition) is 3. The van der Waals surface area contributed by atoms with Gasteiger partial charge in [0.05, 0.1) is 10.7 Å². The summed E-state index contributed by atoms with van der Waals surface area (Å²) in [6, 6.07) is 12.7. The molecule has 3 aromatic rings. The highest BCUT2D eigenvalue weighted by atomic mass is 32.1. The maximum atomic E-state index is 6.35. The van der Waals surface area contributed by atoms with Gasteiger partial charge in [-0.05, 0) is 68.7 Å². The monoisotopic (exact) mass is 421 g/mol. The molecule has 0 aliphatic rings. The minimum Gasteiger partial charge on any atom is -0.398 e. The van der Waals surface area contributed by atoms with Gasteiger partial charge < -0.3 is 15.2 Å². The number of allylic oxidation sites excluding steroid dienone is 1. The molecular formula is C26H35N3S. The molecule has 0 aliphatic carbocycles. The first-order valence-electron chi connectivity index (χ1n) is 10.6. The number of fused-ring (bicyclic) bond motifs is 1. The van der Waals surface area contributed by atoms with E-state index in [2.05, 4.69) is 92.9 Å². The number of benzene rings is 2. The Labute approximate surface area is 187 Å². The predicted octanol–water partition coefficient (Wildman–Crippen LogP) is 7.23. The number of nitrogens with zero attached hydrogens (tertiary/aromatic N) is 2. The molecule has 1 aromatic heterocycles. The molecule has 0 unspecified atom stereocenters. The van der Waals surface area contributed by atoms with Gasteiger partial charge in [-0.1, -0.05) is 39.5 Å². The lowest BCUT2D eigenvalue weighted by atomic mass is 10.0. The largest absolute Gasteiger partial charge is 0.398 e. The van der Waals surface area contributed by atoms with E-state index in [-0.39, 0.29) is 0 Å². The second-order valence-electron chi connectivity index (χ2n) is 7.17. The second kappa shape index (κ2) is 9.94. The van der Waals surface area contributed by atoms with E-state index >= 15 is 0 Å². The number of nitrogens with two attached hydrogens (primary N) is 1. The molecule has 0 radical (unpaired) electrons. The van der Waals surface area contributed by atoms with Crippen molar-refractivity contribution in [3.05, 3.63) is 76.5 Å². The van der Waals surface area contributed by atoms with E-state index in [4.69, 9.17) is 5.73 Å². The standard InChI is InChI=1S/C24H29N3S.C2H6/c1-7-18-9-11-22(25)21(13-18)23(8-2)27(17(5)28)19-10-12-24-20(14-19)15(3)16(4)26(24)6;1-2/h8-14,28H,5,7,25H2,1-4,6H3;1-2H3/b23-8-;. The molecule has 0 bridgehead atoms. The molecule has 160 valence electrons. The molecule has 30 heavy (non-hydrogen) atoms. The summed E-state index contributed by atoms with van der Waals surface area (Å²) in [6.45, 7) is 16.6. The number of aromatic nitrogens is 1. The third-order valence-electron chi connectivity index (χ3n) is 5.62. The molecule has 0 saturated carbocycles. The van der Waals surface area contributed by atoms with Crippen molar-refractivity contribution in [2.75, 3.05) is 10.6 Å². The first kappa shape index (κ1) is 23.7. The van der Waals surface area contributed by atoms with Crippen LogP contribution in [0.2, 0.25) is 0 Å². The Morgan fingerprint density at radius 3 is 2.40 bits per heavy atom. The average molecular weight is 422 g/mol. The van der Waals surface area contributed by atoms with Crippen LogP contribution in [0.5, 0.6) is 0 Å².